The molecule has 0 atom stereocenters. The van der Waals surface area contributed by atoms with E-state index < -0.39 is 0 Å². The largest absolute Gasteiger partial charge is 0.311 e. The zero-order valence-corrected chi connectivity index (χ0v) is 21.9. The number of unbranched alkanes of at least 4 members (excludes halogenated alkanes) is 3. The number of anilines is 3. The first-order valence-corrected chi connectivity index (χ1v) is 12.7. The lowest BCUT2D eigenvalue weighted by Gasteiger charge is -2.28. The molecule has 0 aliphatic heterocycles. The molecule has 0 aromatic heterocycles. The summed E-state index contributed by atoms with van der Waals surface area (Å²) in [5, 5.41) is 0. The van der Waals surface area contributed by atoms with Gasteiger partial charge in [-0.25, -0.2) is 0 Å². The predicted octanol–water partition coefficient (Wildman–Crippen LogP) is 9.87. The lowest BCUT2D eigenvalue weighted by molar-refractivity contribution is 0.590. The summed E-state index contributed by atoms with van der Waals surface area (Å²) in [6.45, 7) is 15.9. The second kappa shape index (κ2) is 10.6. The van der Waals surface area contributed by atoms with Crippen molar-refractivity contribution in [3.05, 3.63) is 89.5 Å². The molecule has 0 bridgehead atoms. The van der Waals surface area contributed by atoms with Crippen LogP contribution < -0.4 is 4.90 Å². The van der Waals surface area contributed by atoms with Crippen LogP contribution in [0.1, 0.15) is 90.8 Å². The zero-order valence-electron chi connectivity index (χ0n) is 21.9. The molecule has 3 aromatic carbocycles. The Morgan fingerprint density at radius 1 is 0.515 bits per heavy atom. The van der Waals surface area contributed by atoms with Crippen LogP contribution in [0.4, 0.5) is 17.1 Å². The van der Waals surface area contributed by atoms with E-state index in [9.17, 15) is 0 Å². The zero-order chi connectivity index (χ0) is 24.1. The fourth-order valence-corrected chi connectivity index (χ4v) is 4.24. The highest BCUT2D eigenvalue weighted by molar-refractivity contribution is 5.76. The number of nitrogens with zero attached hydrogens (tertiary/aromatic N) is 1. The van der Waals surface area contributed by atoms with Crippen LogP contribution in [-0.4, -0.2) is 0 Å². The number of benzene rings is 3. The molecule has 176 valence electrons. The molecule has 0 amide bonds. The van der Waals surface area contributed by atoms with Crippen molar-refractivity contribution in [2.45, 2.75) is 91.4 Å². The van der Waals surface area contributed by atoms with Crippen LogP contribution in [0.25, 0.3) is 0 Å². The van der Waals surface area contributed by atoms with Crippen LogP contribution in [0.2, 0.25) is 0 Å². The van der Waals surface area contributed by atoms with E-state index in [0.717, 1.165) is 0 Å². The molecule has 0 aliphatic rings. The molecule has 3 aromatic rings. The van der Waals surface area contributed by atoms with E-state index in [1.807, 2.05) is 0 Å². The van der Waals surface area contributed by atoms with Crippen LogP contribution in [-0.2, 0) is 17.3 Å². The molecule has 0 saturated carbocycles. The average Bonchev–Trinajstić information content (AvgIpc) is 2.77. The second-order valence-electron chi connectivity index (χ2n) is 11.4. The standard InChI is InChI=1S/C32H43N/c1-8-9-10-11-12-25-13-19-28(20-14-25)33(29-21-15-26(16-22-29)31(2,3)4)30-23-17-27(18-24-30)32(5,6)7/h13-24H,8-12H2,1-7H3. The van der Waals surface area contributed by atoms with Gasteiger partial charge < -0.3 is 4.90 Å². The normalized spacial score (nSPS) is 12.1. The molecular weight excluding hydrogens is 398 g/mol. The highest BCUT2D eigenvalue weighted by Crippen LogP contribution is 2.37. The SMILES string of the molecule is CCCCCCc1ccc(N(c2ccc(C(C)(C)C)cc2)c2ccc(C(C)(C)C)cc2)cc1. The number of hydrogen-bond donors (Lipinski definition) is 0. The Bertz CT molecular complexity index is 923. The van der Waals surface area contributed by atoms with Gasteiger partial charge in [-0.05, 0) is 76.8 Å². The molecular formula is C32H43N. The smallest absolute Gasteiger partial charge is 0.0461 e. The molecule has 1 heteroatoms. The van der Waals surface area contributed by atoms with Crippen LogP contribution in [0.15, 0.2) is 72.8 Å². The summed E-state index contributed by atoms with van der Waals surface area (Å²) in [5.41, 5.74) is 8.05. The Balaban J connectivity index is 1.94. The van der Waals surface area contributed by atoms with Crippen molar-refractivity contribution in [2.75, 3.05) is 4.90 Å². The van der Waals surface area contributed by atoms with E-state index in [2.05, 4.69) is 126 Å². The van der Waals surface area contributed by atoms with Crippen LogP contribution >= 0.6 is 0 Å². The molecule has 3 rings (SSSR count). The highest BCUT2D eigenvalue weighted by Gasteiger charge is 2.18. The van der Waals surface area contributed by atoms with Gasteiger partial charge in [-0.15, -0.1) is 0 Å². The van der Waals surface area contributed by atoms with Crippen molar-refractivity contribution in [2.24, 2.45) is 0 Å². The Morgan fingerprint density at radius 3 is 1.27 bits per heavy atom. The van der Waals surface area contributed by atoms with Gasteiger partial charge in [0.25, 0.3) is 0 Å². The van der Waals surface area contributed by atoms with E-state index in [1.165, 1.54) is 65.9 Å². The first kappa shape index (κ1) is 25.1. The maximum absolute atomic E-state index is 2.37. The molecule has 0 unspecified atom stereocenters. The lowest BCUT2D eigenvalue weighted by Crippen LogP contribution is -2.14. The number of rotatable bonds is 8. The Hall–Kier alpha value is -2.54. The molecule has 33 heavy (non-hydrogen) atoms. The summed E-state index contributed by atoms with van der Waals surface area (Å²) >= 11 is 0. The minimum atomic E-state index is 0.150. The first-order chi connectivity index (χ1) is 15.6. The van der Waals surface area contributed by atoms with Gasteiger partial charge in [-0.2, -0.15) is 0 Å². The predicted molar refractivity (Wildman–Crippen MR) is 146 cm³/mol. The summed E-state index contributed by atoms with van der Waals surface area (Å²) in [5.74, 6) is 0. The van der Waals surface area contributed by atoms with Gasteiger partial charge in [0.1, 0.15) is 0 Å². The molecule has 0 radical (unpaired) electrons. The van der Waals surface area contributed by atoms with Gasteiger partial charge in [-0.3, -0.25) is 0 Å². The minimum Gasteiger partial charge on any atom is -0.311 e. The van der Waals surface area contributed by atoms with E-state index in [1.54, 1.807) is 0 Å². The number of hydrogen-bond acceptors (Lipinski definition) is 1. The van der Waals surface area contributed by atoms with Crippen molar-refractivity contribution in [3.63, 3.8) is 0 Å². The monoisotopic (exact) mass is 441 g/mol. The summed E-state index contributed by atoms with van der Waals surface area (Å²) in [4.78, 5) is 2.37. The third-order valence-electron chi connectivity index (χ3n) is 6.50. The van der Waals surface area contributed by atoms with Gasteiger partial charge in [-0.1, -0.05) is 104 Å². The quantitative estimate of drug-likeness (QED) is 0.314. The Morgan fingerprint density at radius 2 is 0.909 bits per heavy atom. The van der Waals surface area contributed by atoms with E-state index in [4.69, 9.17) is 0 Å². The molecule has 0 saturated heterocycles. The third kappa shape index (κ3) is 6.73. The number of aryl methyl sites for hydroxylation is 1. The Kier molecular flexibility index (Phi) is 8.05. The van der Waals surface area contributed by atoms with Gasteiger partial charge in [0.15, 0.2) is 0 Å². The lowest BCUT2D eigenvalue weighted by atomic mass is 9.86. The Labute approximate surface area is 202 Å². The highest BCUT2D eigenvalue weighted by atomic mass is 15.1. The van der Waals surface area contributed by atoms with E-state index in [-0.39, 0.29) is 10.8 Å². The van der Waals surface area contributed by atoms with Gasteiger partial charge >= 0.3 is 0 Å². The molecule has 0 fully saturated rings. The van der Waals surface area contributed by atoms with Crippen LogP contribution in [0, 0.1) is 0 Å². The fourth-order valence-electron chi connectivity index (χ4n) is 4.24. The summed E-state index contributed by atoms with van der Waals surface area (Å²) < 4.78 is 0. The van der Waals surface area contributed by atoms with Crippen molar-refractivity contribution < 1.29 is 0 Å². The summed E-state index contributed by atoms with van der Waals surface area (Å²) in [6, 6.07) is 27.3. The molecule has 0 N–H and O–H groups in total. The molecule has 0 aliphatic carbocycles. The van der Waals surface area contributed by atoms with Crippen molar-refractivity contribution >= 4 is 17.1 Å². The fraction of sp³-hybridized carbons (Fsp3) is 0.438. The molecule has 1 nitrogen and oxygen atoms in total. The summed E-state index contributed by atoms with van der Waals surface area (Å²) in [6.07, 6.45) is 6.39. The molecule has 0 heterocycles. The van der Waals surface area contributed by atoms with Gasteiger partial charge in [0.05, 0.1) is 0 Å². The molecule has 0 spiro atoms. The van der Waals surface area contributed by atoms with Crippen molar-refractivity contribution in [3.8, 4) is 0 Å². The van der Waals surface area contributed by atoms with Crippen LogP contribution in [0.5, 0.6) is 0 Å². The van der Waals surface area contributed by atoms with E-state index in [0.29, 0.717) is 0 Å². The van der Waals surface area contributed by atoms with Gasteiger partial charge in [0.2, 0.25) is 0 Å². The maximum atomic E-state index is 2.37. The average molecular weight is 442 g/mol. The third-order valence-corrected chi connectivity index (χ3v) is 6.50. The van der Waals surface area contributed by atoms with Gasteiger partial charge in [0, 0.05) is 17.1 Å². The minimum absolute atomic E-state index is 0.150. The summed E-state index contributed by atoms with van der Waals surface area (Å²) in [7, 11) is 0. The topological polar surface area (TPSA) is 3.24 Å². The first-order valence-electron chi connectivity index (χ1n) is 12.7. The van der Waals surface area contributed by atoms with Crippen LogP contribution in [0.3, 0.4) is 0 Å². The van der Waals surface area contributed by atoms with Crippen molar-refractivity contribution in [1.29, 1.82) is 0 Å². The maximum Gasteiger partial charge on any atom is 0.0461 e. The van der Waals surface area contributed by atoms with E-state index >= 15 is 0 Å². The van der Waals surface area contributed by atoms with Crippen molar-refractivity contribution in [1.82, 2.24) is 0 Å². The second-order valence-corrected chi connectivity index (χ2v) is 11.4.